The quantitative estimate of drug-likeness (QED) is 0.704. The van der Waals surface area contributed by atoms with Crippen LogP contribution in [0.25, 0.3) is 0 Å². The number of piperidine rings is 1. The maximum Gasteiger partial charge on any atom is 0.0687 e. The van der Waals surface area contributed by atoms with E-state index in [1.165, 1.54) is 5.57 Å². The summed E-state index contributed by atoms with van der Waals surface area (Å²) >= 11 is 5.61. The van der Waals surface area contributed by atoms with E-state index in [0.29, 0.717) is 0 Å². The number of hydrogen-bond donors (Lipinski definition) is 0. The summed E-state index contributed by atoms with van der Waals surface area (Å²) in [5, 5.41) is 8.96. The second-order valence-electron chi connectivity index (χ2n) is 4.40. The van der Waals surface area contributed by atoms with Gasteiger partial charge in [0.05, 0.1) is 11.5 Å². The van der Waals surface area contributed by atoms with E-state index < -0.39 is 0 Å². The molecule has 3 heteroatoms. The van der Waals surface area contributed by atoms with Crippen molar-refractivity contribution >= 4 is 11.6 Å². The zero-order valence-corrected chi connectivity index (χ0v) is 9.64. The van der Waals surface area contributed by atoms with Crippen molar-refractivity contribution in [2.45, 2.75) is 26.7 Å². The molecule has 0 atom stereocenters. The van der Waals surface area contributed by atoms with Crippen molar-refractivity contribution in [1.82, 2.24) is 4.90 Å². The van der Waals surface area contributed by atoms with E-state index in [9.17, 15) is 0 Å². The molecule has 0 amide bonds. The number of hydrogen-bond acceptors (Lipinski definition) is 2. The first-order valence-electron chi connectivity index (χ1n) is 4.99. The lowest BCUT2D eigenvalue weighted by Crippen LogP contribution is -2.38. The molecule has 14 heavy (non-hydrogen) atoms. The minimum absolute atomic E-state index is 0.102. The third-order valence-corrected chi connectivity index (χ3v) is 3.26. The molecule has 0 aromatic heterocycles. The van der Waals surface area contributed by atoms with E-state index in [0.717, 1.165) is 32.5 Å². The Morgan fingerprint density at radius 1 is 1.57 bits per heavy atom. The van der Waals surface area contributed by atoms with Gasteiger partial charge >= 0.3 is 0 Å². The monoisotopic (exact) mass is 212 g/mol. The molecule has 0 spiro atoms. The molecule has 1 rings (SSSR count). The molecule has 1 fully saturated rings. The van der Waals surface area contributed by atoms with Crippen molar-refractivity contribution in [1.29, 1.82) is 5.26 Å². The van der Waals surface area contributed by atoms with Gasteiger partial charge in [0.15, 0.2) is 0 Å². The van der Waals surface area contributed by atoms with Crippen LogP contribution in [0.3, 0.4) is 0 Å². The number of halogens is 1. The van der Waals surface area contributed by atoms with Gasteiger partial charge in [-0.25, -0.2) is 0 Å². The number of nitrogens with zero attached hydrogens (tertiary/aromatic N) is 2. The fraction of sp³-hybridized carbons (Fsp3) is 0.727. The van der Waals surface area contributed by atoms with Gasteiger partial charge in [0.2, 0.25) is 0 Å². The molecule has 0 aliphatic carbocycles. The first-order valence-corrected chi connectivity index (χ1v) is 5.43. The molecular weight excluding hydrogens is 196 g/mol. The van der Waals surface area contributed by atoms with Crippen LogP contribution in [0, 0.1) is 16.7 Å². The Labute approximate surface area is 91.1 Å². The van der Waals surface area contributed by atoms with Crippen LogP contribution in [-0.4, -0.2) is 24.5 Å². The number of nitriles is 1. The van der Waals surface area contributed by atoms with Crippen molar-refractivity contribution in [3.05, 3.63) is 11.1 Å². The molecular formula is C11H17ClN2. The highest BCUT2D eigenvalue weighted by Gasteiger charge is 2.29. The average molecular weight is 213 g/mol. The summed E-state index contributed by atoms with van der Waals surface area (Å²) in [7, 11) is 0. The van der Waals surface area contributed by atoms with Crippen LogP contribution >= 0.6 is 11.6 Å². The lowest BCUT2D eigenvalue weighted by atomic mass is 9.82. The Morgan fingerprint density at radius 2 is 2.14 bits per heavy atom. The van der Waals surface area contributed by atoms with Gasteiger partial charge in [-0.15, -0.1) is 0 Å². The summed E-state index contributed by atoms with van der Waals surface area (Å²) in [6.45, 7) is 7.03. The molecule has 0 radical (unpaired) electrons. The van der Waals surface area contributed by atoms with E-state index in [2.05, 4.69) is 17.9 Å². The van der Waals surface area contributed by atoms with Crippen LogP contribution in [-0.2, 0) is 0 Å². The molecule has 0 saturated carbocycles. The van der Waals surface area contributed by atoms with Gasteiger partial charge in [-0.05, 0) is 45.4 Å². The Bertz CT molecular complexity index is 257. The Kier molecular flexibility index (Phi) is 3.97. The number of likely N-dealkylation sites (tertiary alicyclic amines) is 1. The smallest absolute Gasteiger partial charge is 0.0687 e. The normalized spacial score (nSPS) is 23.1. The molecule has 1 aliphatic heterocycles. The highest BCUT2D eigenvalue weighted by Crippen LogP contribution is 2.29. The van der Waals surface area contributed by atoms with Crippen LogP contribution in [0.5, 0.6) is 0 Å². The highest BCUT2D eigenvalue weighted by molar-refractivity contribution is 6.25. The van der Waals surface area contributed by atoms with Gasteiger partial charge in [0, 0.05) is 12.1 Å². The lowest BCUT2D eigenvalue weighted by Gasteiger charge is -2.34. The summed E-state index contributed by atoms with van der Waals surface area (Å²) in [6, 6.07) is 2.40. The summed E-state index contributed by atoms with van der Waals surface area (Å²) < 4.78 is 0. The standard InChI is InChI=1S/C11H17ClN2/c1-10(7-12)8-14-5-3-11(2,9-13)4-6-14/h7H,3-6,8H2,1-2H3/b10-7+. The van der Waals surface area contributed by atoms with E-state index >= 15 is 0 Å². The fourth-order valence-electron chi connectivity index (χ4n) is 1.70. The summed E-state index contributed by atoms with van der Waals surface area (Å²) in [4.78, 5) is 2.35. The van der Waals surface area contributed by atoms with Gasteiger partial charge in [-0.3, -0.25) is 4.90 Å². The third-order valence-electron chi connectivity index (χ3n) is 2.89. The molecule has 0 unspecified atom stereocenters. The van der Waals surface area contributed by atoms with Gasteiger partial charge in [0.1, 0.15) is 0 Å². The molecule has 1 saturated heterocycles. The van der Waals surface area contributed by atoms with E-state index in [1.54, 1.807) is 5.54 Å². The molecule has 0 N–H and O–H groups in total. The van der Waals surface area contributed by atoms with Crippen LogP contribution < -0.4 is 0 Å². The predicted octanol–water partition coefficient (Wildman–Crippen LogP) is 2.75. The molecule has 78 valence electrons. The molecule has 0 aromatic rings. The van der Waals surface area contributed by atoms with Gasteiger partial charge in [0.25, 0.3) is 0 Å². The van der Waals surface area contributed by atoms with Crippen LogP contribution in [0.15, 0.2) is 11.1 Å². The predicted molar refractivity (Wildman–Crippen MR) is 59.0 cm³/mol. The zero-order valence-electron chi connectivity index (χ0n) is 8.89. The molecule has 0 bridgehead atoms. The van der Waals surface area contributed by atoms with Crippen molar-refractivity contribution in [3.8, 4) is 6.07 Å². The van der Waals surface area contributed by atoms with E-state index in [-0.39, 0.29) is 5.41 Å². The van der Waals surface area contributed by atoms with Crippen molar-refractivity contribution in [3.63, 3.8) is 0 Å². The van der Waals surface area contributed by atoms with E-state index in [1.807, 2.05) is 6.92 Å². The highest BCUT2D eigenvalue weighted by atomic mass is 35.5. The minimum atomic E-state index is -0.102. The van der Waals surface area contributed by atoms with Gasteiger partial charge < -0.3 is 0 Å². The topological polar surface area (TPSA) is 27.0 Å². The average Bonchev–Trinajstić information content (AvgIpc) is 2.21. The molecule has 2 nitrogen and oxygen atoms in total. The second-order valence-corrected chi connectivity index (χ2v) is 4.62. The number of rotatable bonds is 2. The van der Waals surface area contributed by atoms with Crippen molar-refractivity contribution in [2.75, 3.05) is 19.6 Å². The maximum atomic E-state index is 8.96. The first kappa shape index (κ1) is 11.6. The summed E-state index contributed by atoms with van der Waals surface area (Å²) in [6.07, 6.45) is 1.94. The fourth-order valence-corrected chi connectivity index (χ4v) is 1.77. The zero-order chi connectivity index (χ0) is 10.6. The van der Waals surface area contributed by atoms with Crippen LogP contribution in [0.4, 0.5) is 0 Å². The second kappa shape index (κ2) is 4.82. The third kappa shape index (κ3) is 3.01. The summed E-state index contributed by atoms with van der Waals surface area (Å²) in [5.74, 6) is 0. The maximum absolute atomic E-state index is 8.96. The summed E-state index contributed by atoms with van der Waals surface area (Å²) in [5.41, 5.74) is 2.72. The Hall–Kier alpha value is -0.520. The van der Waals surface area contributed by atoms with Crippen molar-refractivity contribution < 1.29 is 0 Å². The Morgan fingerprint density at radius 3 is 2.57 bits per heavy atom. The SMILES string of the molecule is C/C(=C\Cl)CN1CCC(C)(C#N)CC1. The largest absolute Gasteiger partial charge is 0.299 e. The first-order chi connectivity index (χ1) is 6.59. The Balaban J connectivity index is 2.41. The van der Waals surface area contributed by atoms with E-state index in [4.69, 9.17) is 16.9 Å². The van der Waals surface area contributed by atoms with Crippen LogP contribution in [0.2, 0.25) is 0 Å². The minimum Gasteiger partial charge on any atom is -0.299 e. The molecule has 1 aliphatic rings. The van der Waals surface area contributed by atoms with Crippen molar-refractivity contribution in [2.24, 2.45) is 5.41 Å². The molecule has 1 heterocycles. The van der Waals surface area contributed by atoms with Gasteiger partial charge in [-0.2, -0.15) is 5.26 Å². The van der Waals surface area contributed by atoms with Gasteiger partial charge in [-0.1, -0.05) is 11.6 Å². The lowest BCUT2D eigenvalue weighted by molar-refractivity contribution is 0.167. The van der Waals surface area contributed by atoms with Crippen LogP contribution in [0.1, 0.15) is 26.7 Å². The molecule has 0 aromatic carbocycles.